The van der Waals surface area contributed by atoms with Gasteiger partial charge in [-0.1, -0.05) is 13.8 Å². The number of aryl methyl sites for hydroxylation is 1. The first-order chi connectivity index (χ1) is 19.1. The number of benzene rings is 1. The van der Waals surface area contributed by atoms with Crippen LogP contribution < -0.4 is 25.6 Å². The van der Waals surface area contributed by atoms with E-state index in [0.29, 0.717) is 23.1 Å². The van der Waals surface area contributed by atoms with Gasteiger partial charge in [0.25, 0.3) is 0 Å². The highest BCUT2D eigenvalue weighted by Crippen LogP contribution is 2.43. The summed E-state index contributed by atoms with van der Waals surface area (Å²) in [4.78, 5) is 25.1. The first kappa shape index (κ1) is 27.2. The van der Waals surface area contributed by atoms with Crippen LogP contribution in [0.25, 0.3) is 5.82 Å². The molecular weight excluding hydrogens is 504 g/mol. The third-order valence-electron chi connectivity index (χ3n) is 7.13. The number of nitrogen functional groups attached to an aromatic ring is 1. The second-order valence-electron chi connectivity index (χ2n) is 11.1. The van der Waals surface area contributed by atoms with Crippen molar-refractivity contribution in [1.29, 1.82) is 0 Å². The molecule has 11 heteroatoms. The molecule has 0 saturated heterocycles. The zero-order chi connectivity index (χ0) is 28.6. The highest BCUT2D eigenvalue weighted by Gasteiger charge is 2.38. The molecule has 5 rings (SSSR count). The lowest BCUT2D eigenvalue weighted by Gasteiger charge is -2.24. The van der Waals surface area contributed by atoms with Gasteiger partial charge >= 0.3 is 0 Å². The summed E-state index contributed by atoms with van der Waals surface area (Å²) in [6.07, 6.45) is 5.53. The van der Waals surface area contributed by atoms with Gasteiger partial charge in [-0.2, -0.15) is 4.98 Å². The number of hydrogen-bond donors (Lipinski definition) is 2. The molecule has 0 radical (unpaired) electrons. The number of nitrogens with zero attached hydrogens (tertiary/aromatic N) is 8. The number of fused-ring (bicyclic) bond motifs is 1. The minimum absolute atomic E-state index is 0.175. The summed E-state index contributed by atoms with van der Waals surface area (Å²) >= 11 is 0. The van der Waals surface area contributed by atoms with Gasteiger partial charge in [-0.25, -0.2) is 15.0 Å². The first-order valence-electron chi connectivity index (χ1n) is 13.3. The van der Waals surface area contributed by atoms with Crippen molar-refractivity contribution in [1.82, 2.24) is 29.4 Å². The molecule has 1 aliphatic rings. The standard InChI is InChI=1S/C29H38N10O/c1-19-16-38(18-32-19)25-9-8-22-27(34-25)29(2,3)17-39(22)26-10-11-31-28(35-26)33-21-14-20(30)23(15-24(21)40-7)37(6)13-12-36(4)5/h8-11,14-16,18H,12-13,17,30H2,1-7H3,(H,31,33,35). The van der Waals surface area contributed by atoms with Crippen molar-refractivity contribution in [2.45, 2.75) is 26.2 Å². The van der Waals surface area contributed by atoms with Crippen LogP contribution in [0.4, 0.5) is 34.5 Å². The zero-order valence-electron chi connectivity index (χ0n) is 24.3. The van der Waals surface area contributed by atoms with E-state index < -0.39 is 0 Å². The lowest BCUT2D eigenvalue weighted by molar-refractivity contribution is 0.413. The van der Waals surface area contributed by atoms with Crippen LogP contribution in [0.15, 0.2) is 49.1 Å². The van der Waals surface area contributed by atoms with Crippen molar-refractivity contribution in [3.05, 3.63) is 60.4 Å². The number of nitrogens with two attached hydrogens (primary N) is 1. The van der Waals surface area contributed by atoms with Gasteiger partial charge in [-0.3, -0.25) is 4.57 Å². The number of pyridine rings is 1. The lowest BCUT2D eigenvalue weighted by Crippen LogP contribution is -2.29. The molecule has 210 valence electrons. The third-order valence-corrected chi connectivity index (χ3v) is 7.13. The number of likely N-dealkylation sites (N-methyl/N-ethyl adjacent to an activating group) is 2. The second-order valence-corrected chi connectivity index (χ2v) is 11.1. The van der Waals surface area contributed by atoms with E-state index >= 15 is 0 Å². The predicted octanol–water partition coefficient (Wildman–Crippen LogP) is 4.13. The molecule has 0 unspecified atom stereocenters. The summed E-state index contributed by atoms with van der Waals surface area (Å²) in [6, 6.07) is 9.85. The van der Waals surface area contributed by atoms with E-state index in [1.165, 1.54) is 0 Å². The molecule has 4 aromatic rings. The van der Waals surface area contributed by atoms with Crippen LogP contribution in [-0.4, -0.2) is 77.3 Å². The van der Waals surface area contributed by atoms with E-state index in [-0.39, 0.29) is 5.41 Å². The van der Waals surface area contributed by atoms with Crippen molar-refractivity contribution in [2.75, 3.05) is 68.7 Å². The third kappa shape index (κ3) is 5.37. The van der Waals surface area contributed by atoms with Crippen molar-refractivity contribution < 1.29 is 4.74 Å². The van der Waals surface area contributed by atoms with Crippen molar-refractivity contribution >= 4 is 34.5 Å². The fraction of sp³-hybridized carbons (Fsp3) is 0.379. The van der Waals surface area contributed by atoms with Gasteiger partial charge < -0.3 is 30.5 Å². The van der Waals surface area contributed by atoms with Crippen molar-refractivity contribution in [3.63, 3.8) is 0 Å². The zero-order valence-corrected chi connectivity index (χ0v) is 24.3. The maximum atomic E-state index is 6.46. The van der Waals surface area contributed by atoms with Gasteiger partial charge in [0.05, 0.1) is 41.2 Å². The molecule has 0 aliphatic carbocycles. The Morgan fingerprint density at radius 3 is 2.55 bits per heavy atom. The van der Waals surface area contributed by atoms with Crippen LogP contribution in [0.5, 0.6) is 5.75 Å². The molecule has 0 fully saturated rings. The van der Waals surface area contributed by atoms with E-state index in [2.05, 4.69) is 64.0 Å². The van der Waals surface area contributed by atoms with Crippen LogP contribution >= 0.6 is 0 Å². The molecule has 3 N–H and O–H groups in total. The Morgan fingerprint density at radius 2 is 1.85 bits per heavy atom. The first-order valence-corrected chi connectivity index (χ1v) is 13.3. The molecule has 0 atom stereocenters. The van der Waals surface area contributed by atoms with E-state index in [1.54, 1.807) is 19.6 Å². The molecule has 3 aromatic heterocycles. The Kier molecular flexibility index (Phi) is 7.24. The molecule has 4 heterocycles. The fourth-order valence-electron chi connectivity index (χ4n) is 4.94. The Balaban J connectivity index is 1.41. The number of rotatable bonds is 9. The maximum absolute atomic E-state index is 6.46. The monoisotopic (exact) mass is 542 g/mol. The van der Waals surface area contributed by atoms with Crippen LogP contribution in [-0.2, 0) is 5.41 Å². The summed E-state index contributed by atoms with van der Waals surface area (Å²) < 4.78 is 7.66. The second kappa shape index (κ2) is 10.6. The number of imidazole rings is 1. The molecule has 1 aliphatic heterocycles. The quantitative estimate of drug-likeness (QED) is 0.299. The highest BCUT2D eigenvalue weighted by molar-refractivity contribution is 5.79. The molecule has 40 heavy (non-hydrogen) atoms. The van der Waals surface area contributed by atoms with Gasteiger partial charge in [-0.15, -0.1) is 0 Å². The SMILES string of the molecule is COc1cc(N(C)CCN(C)C)c(N)cc1Nc1nccc(N2CC(C)(C)c3nc(-n4cnc(C)c4)ccc32)n1. The van der Waals surface area contributed by atoms with Crippen LogP contribution in [0.3, 0.4) is 0 Å². The predicted molar refractivity (Wildman–Crippen MR) is 161 cm³/mol. The average Bonchev–Trinajstić information content (AvgIpc) is 3.47. The molecule has 1 aromatic carbocycles. The van der Waals surface area contributed by atoms with Gasteiger partial charge in [0.15, 0.2) is 0 Å². The van der Waals surface area contributed by atoms with Gasteiger partial charge in [-0.05, 0) is 45.3 Å². The van der Waals surface area contributed by atoms with Gasteiger partial charge in [0.1, 0.15) is 23.7 Å². The van der Waals surface area contributed by atoms with Crippen LogP contribution in [0.2, 0.25) is 0 Å². The molecule has 0 amide bonds. The number of methoxy groups -OCH3 is 1. The van der Waals surface area contributed by atoms with E-state index in [0.717, 1.165) is 54.0 Å². The Labute approximate surface area is 235 Å². The molecule has 0 saturated carbocycles. The van der Waals surface area contributed by atoms with Crippen molar-refractivity contribution in [2.24, 2.45) is 0 Å². The Morgan fingerprint density at radius 1 is 1.05 bits per heavy atom. The van der Waals surface area contributed by atoms with E-state index in [1.807, 2.05) is 49.0 Å². The summed E-state index contributed by atoms with van der Waals surface area (Å²) in [5, 5.41) is 3.32. The van der Waals surface area contributed by atoms with Crippen LogP contribution in [0, 0.1) is 6.92 Å². The maximum Gasteiger partial charge on any atom is 0.229 e. The van der Waals surface area contributed by atoms with E-state index in [9.17, 15) is 0 Å². The summed E-state index contributed by atoms with van der Waals surface area (Å²) in [5.74, 6) is 2.74. The Bertz CT molecular complexity index is 1510. The molecule has 0 spiro atoms. The largest absolute Gasteiger partial charge is 0.494 e. The van der Waals surface area contributed by atoms with Gasteiger partial charge in [0.2, 0.25) is 5.95 Å². The minimum atomic E-state index is -0.175. The smallest absolute Gasteiger partial charge is 0.229 e. The normalized spacial score (nSPS) is 13.9. The summed E-state index contributed by atoms with van der Waals surface area (Å²) in [6.45, 7) is 8.86. The summed E-state index contributed by atoms with van der Waals surface area (Å²) in [5.41, 5.74) is 11.5. The number of nitrogens with one attached hydrogen (secondary N) is 1. The van der Waals surface area contributed by atoms with Crippen LogP contribution in [0.1, 0.15) is 25.2 Å². The van der Waals surface area contributed by atoms with Gasteiger partial charge in [0, 0.05) is 50.6 Å². The Hall–Kier alpha value is -4.38. The van der Waals surface area contributed by atoms with Crippen molar-refractivity contribution in [3.8, 4) is 11.6 Å². The average molecular weight is 543 g/mol. The number of ether oxygens (including phenoxy) is 1. The fourth-order valence-corrected chi connectivity index (χ4v) is 4.94. The molecule has 11 nitrogen and oxygen atoms in total. The molecule has 0 bridgehead atoms. The summed E-state index contributed by atoms with van der Waals surface area (Å²) in [7, 11) is 7.78. The minimum Gasteiger partial charge on any atom is -0.494 e. The highest BCUT2D eigenvalue weighted by atomic mass is 16.5. The topological polar surface area (TPSA) is 113 Å². The molecular formula is C29H38N10O. The number of hydrogen-bond acceptors (Lipinski definition) is 10. The lowest BCUT2D eigenvalue weighted by atomic mass is 9.91. The van der Waals surface area contributed by atoms with E-state index in [4.69, 9.17) is 20.4 Å². The number of anilines is 6. The number of aromatic nitrogens is 5.